The number of nitrogens with zero attached hydrogens (tertiary/aromatic N) is 6. The number of nitrogens with one attached hydrogen (secondary N) is 1. The van der Waals surface area contributed by atoms with Crippen LogP contribution in [0.25, 0.3) is 17.0 Å². The first kappa shape index (κ1) is 24.0. The van der Waals surface area contributed by atoms with Crippen molar-refractivity contribution in [3.63, 3.8) is 0 Å². The highest BCUT2D eigenvalue weighted by Crippen LogP contribution is 2.25. The molecule has 4 heterocycles. The molecule has 2 aliphatic heterocycles. The van der Waals surface area contributed by atoms with Crippen LogP contribution in [0.2, 0.25) is 5.02 Å². The number of aromatic nitrogens is 4. The van der Waals surface area contributed by atoms with Crippen LogP contribution < -0.4 is 10.2 Å². The molecule has 5 rings (SSSR count). The van der Waals surface area contributed by atoms with Crippen LogP contribution >= 0.6 is 11.6 Å². The quantitative estimate of drug-likeness (QED) is 0.533. The number of piperidine rings is 2. The van der Waals surface area contributed by atoms with Crippen molar-refractivity contribution < 1.29 is 4.79 Å². The summed E-state index contributed by atoms with van der Waals surface area (Å²) in [5, 5.41) is 17.3. The summed E-state index contributed by atoms with van der Waals surface area (Å²) in [7, 11) is 0. The maximum absolute atomic E-state index is 12.8. The SMILES string of the molecule is CCC1CCCCN1CCNC(=O)C1CCN(c2ccc3nnc(-c4ccc(Cl)cc4)n3n2)CC1. The number of amides is 1. The van der Waals surface area contributed by atoms with Crippen molar-refractivity contribution in [2.75, 3.05) is 37.6 Å². The Hall–Kier alpha value is -2.71. The van der Waals surface area contributed by atoms with E-state index in [1.807, 2.05) is 36.4 Å². The second-order valence-electron chi connectivity index (χ2n) is 9.64. The van der Waals surface area contributed by atoms with Gasteiger partial charge in [-0.05, 0) is 75.0 Å². The Kier molecular flexibility index (Phi) is 7.48. The number of rotatable bonds is 7. The molecule has 0 radical (unpaired) electrons. The van der Waals surface area contributed by atoms with Gasteiger partial charge in [0.05, 0.1) is 0 Å². The van der Waals surface area contributed by atoms with Gasteiger partial charge in [-0.2, -0.15) is 4.52 Å². The summed E-state index contributed by atoms with van der Waals surface area (Å²) in [4.78, 5) is 17.6. The number of carbonyl (C=O) groups is 1. The van der Waals surface area contributed by atoms with Crippen molar-refractivity contribution in [2.24, 2.45) is 5.92 Å². The third kappa shape index (κ3) is 5.43. The molecule has 1 amide bonds. The molecule has 1 unspecified atom stereocenters. The lowest BCUT2D eigenvalue weighted by Gasteiger charge is -2.35. The van der Waals surface area contributed by atoms with E-state index in [0.29, 0.717) is 22.5 Å². The number of carbonyl (C=O) groups excluding carboxylic acids is 1. The van der Waals surface area contributed by atoms with Gasteiger partial charge in [0.2, 0.25) is 5.91 Å². The van der Waals surface area contributed by atoms with Gasteiger partial charge in [0, 0.05) is 48.7 Å². The number of benzene rings is 1. The Morgan fingerprint density at radius 3 is 2.60 bits per heavy atom. The fourth-order valence-corrected chi connectivity index (χ4v) is 5.51. The first-order valence-electron chi connectivity index (χ1n) is 12.9. The van der Waals surface area contributed by atoms with Gasteiger partial charge in [-0.25, -0.2) is 0 Å². The number of hydrogen-bond donors (Lipinski definition) is 1. The van der Waals surface area contributed by atoms with Crippen molar-refractivity contribution in [3.8, 4) is 11.4 Å². The molecule has 2 fully saturated rings. The molecule has 2 aliphatic rings. The van der Waals surface area contributed by atoms with Crippen LogP contribution in [-0.2, 0) is 4.79 Å². The van der Waals surface area contributed by atoms with E-state index in [2.05, 4.69) is 32.2 Å². The predicted octanol–water partition coefficient (Wildman–Crippen LogP) is 4.04. The van der Waals surface area contributed by atoms with Gasteiger partial charge in [0.25, 0.3) is 0 Å². The molecule has 0 bridgehead atoms. The van der Waals surface area contributed by atoms with E-state index in [0.717, 1.165) is 56.9 Å². The summed E-state index contributed by atoms with van der Waals surface area (Å²) in [5.74, 6) is 1.83. The standard InChI is InChI=1S/C26H34ClN7O/c1-2-22-5-3-4-15-32(22)18-14-28-26(35)20-12-16-33(17-13-20)24-11-10-23-29-30-25(34(23)31-24)19-6-8-21(27)9-7-19/h6-11,20,22H,2-5,12-18H2,1H3,(H,28,35). The molecule has 0 spiro atoms. The molecule has 186 valence electrons. The summed E-state index contributed by atoms with van der Waals surface area (Å²) < 4.78 is 1.78. The van der Waals surface area contributed by atoms with Crippen LogP contribution in [-0.4, -0.2) is 69.4 Å². The highest BCUT2D eigenvalue weighted by molar-refractivity contribution is 6.30. The van der Waals surface area contributed by atoms with E-state index in [1.54, 1.807) is 4.52 Å². The van der Waals surface area contributed by atoms with Crippen LogP contribution in [0.5, 0.6) is 0 Å². The molecule has 35 heavy (non-hydrogen) atoms. The predicted molar refractivity (Wildman–Crippen MR) is 139 cm³/mol. The third-order valence-corrected chi connectivity index (χ3v) is 7.71. The van der Waals surface area contributed by atoms with Gasteiger partial charge in [0.1, 0.15) is 5.82 Å². The van der Waals surface area contributed by atoms with Crippen molar-refractivity contribution in [3.05, 3.63) is 41.4 Å². The van der Waals surface area contributed by atoms with E-state index in [9.17, 15) is 4.79 Å². The number of halogens is 1. The average molecular weight is 496 g/mol. The van der Waals surface area contributed by atoms with Crippen LogP contribution in [0.15, 0.2) is 36.4 Å². The first-order chi connectivity index (χ1) is 17.1. The van der Waals surface area contributed by atoms with Crippen LogP contribution in [0.4, 0.5) is 5.82 Å². The van der Waals surface area contributed by atoms with Crippen molar-refractivity contribution in [1.29, 1.82) is 0 Å². The topological polar surface area (TPSA) is 78.7 Å². The van der Waals surface area contributed by atoms with Gasteiger partial charge in [0.15, 0.2) is 11.5 Å². The molecule has 0 aliphatic carbocycles. The lowest BCUT2D eigenvalue weighted by molar-refractivity contribution is -0.125. The number of likely N-dealkylation sites (tertiary alicyclic amines) is 1. The largest absolute Gasteiger partial charge is 0.355 e. The Morgan fingerprint density at radius 2 is 1.83 bits per heavy atom. The van der Waals surface area contributed by atoms with E-state index in [-0.39, 0.29) is 11.8 Å². The van der Waals surface area contributed by atoms with Crippen molar-refractivity contribution in [2.45, 2.75) is 51.5 Å². The molecular formula is C26H34ClN7O. The van der Waals surface area contributed by atoms with Gasteiger partial charge in [-0.3, -0.25) is 9.69 Å². The van der Waals surface area contributed by atoms with E-state index < -0.39 is 0 Å². The van der Waals surface area contributed by atoms with Crippen LogP contribution in [0.1, 0.15) is 45.4 Å². The fraction of sp³-hybridized carbons (Fsp3) is 0.538. The van der Waals surface area contributed by atoms with Gasteiger partial charge in [-0.15, -0.1) is 15.3 Å². The third-order valence-electron chi connectivity index (χ3n) is 7.46. The second kappa shape index (κ2) is 10.9. The number of fused-ring (bicyclic) bond motifs is 1. The molecule has 1 N–H and O–H groups in total. The second-order valence-corrected chi connectivity index (χ2v) is 10.1. The zero-order valence-electron chi connectivity index (χ0n) is 20.4. The zero-order valence-corrected chi connectivity index (χ0v) is 21.1. The first-order valence-corrected chi connectivity index (χ1v) is 13.3. The Morgan fingerprint density at radius 1 is 1.03 bits per heavy atom. The normalized spacial score (nSPS) is 19.8. The molecule has 9 heteroatoms. The summed E-state index contributed by atoms with van der Waals surface area (Å²) in [5.41, 5.74) is 1.61. The fourth-order valence-electron chi connectivity index (χ4n) is 5.38. The summed E-state index contributed by atoms with van der Waals surface area (Å²) in [6.45, 7) is 6.74. The van der Waals surface area contributed by atoms with Crippen molar-refractivity contribution >= 4 is 29.0 Å². The van der Waals surface area contributed by atoms with Crippen LogP contribution in [0.3, 0.4) is 0 Å². The molecule has 3 aromatic rings. The monoisotopic (exact) mass is 495 g/mol. The molecule has 8 nitrogen and oxygen atoms in total. The lowest BCUT2D eigenvalue weighted by atomic mass is 9.96. The van der Waals surface area contributed by atoms with E-state index in [1.165, 1.54) is 25.7 Å². The maximum atomic E-state index is 12.8. The maximum Gasteiger partial charge on any atom is 0.223 e. The Labute approximate surface area is 211 Å². The van der Waals surface area contributed by atoms with Gasteiger partial charge >= 0.3 is 0 Å². The van der Waals surface area contributed by atoms with Crippen molar-refractivity contribution in [1.82, 2.24) is 30.0 Å². The summed E-state index contributed by atoms with van der Waals surface area (Å²) in [6, 6.07) is 12.1. The summed E-state index contributed by atoms with van der Waals surface area (Å²) >= 11 is 6.03. The zero-order chi connectivity index (χ0) is 24.2. The molecule has 2 aromatic heterocycles. The minimum atomic E-state index is 0.0675. The highest BCUT2D eigenvalue weighted by Gasteiger charge is 2.26. The molecule has 1 atom stereocenters. The Bertz CT molecular complexity index is 1140. The lowest BCUT2D eigenvalue weighted by Crippen LogP contribution is -2.45. The molecule has 2 saturated heterocycles. The van der Waals surface area contributed by atoms with E-state index >= 15 is 0 Å². The summed E-state index contributed by atoms with van der Waals surface area (Å²) in [6.07, 6.45) is 6.76. The Balaban J connectivity index is 1.16. The number of hydrogen-bond acceptors (Lipinski definition) is 6. The molecule has 1 aromatic carbocycles. The minimum Gasteiger partial charge on any atom is -0.355 e. The smallest absolute Gasteiger partial charge is 0.223 e. The van der Waals surface area contributed by atoms with E-state index in [4.69, 9.17) is 16.7 Å². The average Bonchev–Trinajstić information content (AvgIpc) is 3.33. The number of anilines is 1. The molecular weight excluding hydrogens is 462 g/mol. The van der Waals surface area contributed by atoms with Gasteiger partial charge in [-0.1, -0.05) is 24.9 Å². The minimum absolute atomic E-state index is 0.0675. The highest BCUT2D eigenvalue weighted by atomic mass is 35.5. The van der Waals surface area contributed by atoms with Gasteiger partial charge < -0.3 is 10.2 Å². The van der Waals surface area contributed by atoms with Crippen LogP contribution in [0, 0.1) is 5.92 Å². The molecule has 0 saturated carbocycles.